The van der Waals surface area contributed by atoms with Gasteiger partial charge in [0.2, 0.25) is 5.91 Å². The van der Waals surface area contributed by atoms with Gasteiger partial charge in [0.1, 0.15) is 16.4 Å². The molecule has 8 nitrogen and oxygen atoms in total. The number of thiazole rings is 1. The molecule has 0 aliphatic heterocycles. The van der Waals surface area contributed by atoms with E-state index in [4.69, 9.17) is 5.73 Å². The highest BCUT2D eigenvalue weighted by molar-refractivity contribution is 7.10. The largest absolute Gasteiger partial charge is 0.384 e. The third kappa shape index (κ3) is 4.29. The Balaban J connectivity index is 1.87. The Labute approximate surface area is 171 Å². The van der Waals surface area contributed by atoms with Crippen molar-refractivity contribution in [1.29, 1.82) is 0 Å². The first-order chi connectivity index (χ1) is 13.8. The molecule has 0 bridgehead atoms. The first kappa shape index (κ1) is 20.5. The summed E-state index contributed by atoms with van der Waals surface area (Å²) in [6.07, 6.45) is 0.774. The number of anilines is 2. The minimum atomic E-state index is -0.499. The van der Waals surface area contributed by atoms with Crippen LogP contribution in [0.2, 0.25) is 0 Å². The predicted octanol–water partition coefficient (Wildman–Crippen LogP) is 2.15. The van der Waals surface area contributed by atoms with E-state index in [2.05, 4.69) is 10.3 Å². The normalized spacial score (nSPS) is 10.9. The predicted molar refractivity (Wildman–Crippen MR) is 115 cm³/mol. The van der Waals surface area contributed by atoms with Crippen molar-refractivity contribution < 1.29 is 4.79 Å². The lowest BCUT2D eigenvalue weighted by Gasteiger charge is -2.13. The van der Waals surface area contributed by atoms with Crippen LogP contribution in [0, 0.1) is 6.92 Å². The zero-order valence-electron chi connectivity index (χ0n) is 16.6. The third-order valence-electron chi connectivity index (χ3n) is 4.45. The van der Waals surface area contributed by atoms with Crippen LogP contribution in [0.1, 0.15) is 23.9 Å². The highest BCUT2D eigenvalue weighted by Crippen LogP contribution is 2.24. The maximum absolute atomic E-state index is 12.6. The van der Waals surface area contributed by atoms with E-state index in [0.29, 0.717) is 23.7 Å². The second-order valence-corrected chi connectivity index (χ2v) is 7.72. The average molecular weight is 414 g/mol. The van der Waals surface area contributed by atoms with Crippen molar-refractivity contribution in [3.8, 4) is 11.3 Å². The minimum Gasteiger partial charge on any atom is -0.384 e. The van der Waals surface area contributed by atoms with E-state index < -0.39 is 11.2 Å². The smallest absolute Gasteiger partial charge is 0.332 e. The first-order valence-electron chi connectivity index (χ1n) is 9.22. The monoisotopic (exact) mass is 413 g/mol. The lowest BCUT2D eigenvalue weighted by atomic mass is 10.2. The summed E-state index contributed by atoms with van der Waals surface area (Å²) < 4.78 is 2.41. The van der Waals surface area contributed by atoms with E-state index in [1.165, 1.54) is 23.0 Å². The standard InChI is InChI=1S/C20H23N5O3S/c1-4-8-25-18(21)17(19(27)24(3)20(25)28)14-11-29-16(23-14)10-15(26)22-13-7-5-6-12(2)9-13/h5-7,9,11H,4,8,10,21H2,1-3H3,(H,22,26). The van der Waals surface area contributed by atoms with Gasteiger partial charge in [0.05, 0.1) is 12.1 Å². The van der Waals surface area contributed by atoms with Crippen LogP contribution < -0.4 is 22.3 Å². The molecule has 0 radical (unpaired) electrons. The van der Waals surface area contributed by atoms with E-state index in [9.17, 15) is 14.4 Å². The molecule has 3 rings (SSSR count). The summed E-state index contributed by atoms with van der Waals surface area (Å²) in [5.74, 6) is -0.102. The summed E-state index contributed by atoms with van der Waals surface area (Å²) in [6.45, 7) is 4.28. The van der Waals surface area contributed by atoms with E-state index in [0.717, 1.165) is 15.8 Å². The van der Waals surface area contributed by atoms with Gasteiger partial charge in [-0.25, -0.2) is 9.78 Å². The van der Waals surface area contributed by atoms with Crippen LogP contribution in [0.25, 0.3) is 11.3 Å². The second kappa shape index (κ2) is 8.44. The summed E-state index contributed by atoms with van der Waals surface area (Å²) in [5, 5.41) is 5.08. The van der Waals surface area contributed by atoms with Gasteiger partial charge in [-0.3, -0.25) is 18.7 Å². The quantitative estimate of drug-likeness (QED) is 0.643. The number of nitrogens with zero attached hydrogens (tertiary/aromatic N) is 3. The van der Waals surface area contributed by atoms with Crippen molar-refractivity contribution in [3.63, 3.8) is 0 Å². The van der Waals surface area contributed by atoms with Gasteiger partial charge in [0.15, 0.2) is 0 Å². The Morgan fingerprint density at radius 1 is 1.31 bits per heavy atom. The SMILES string of the molecule is CCCn1c(N)c(-c2csc(CC(=O)Nc3cccc(C)c3)n2)c(=O)n(C)c1=O. The summed E-state index contributed by atoms with van der Waals surface area (Å²) in [7, 11) is 1.42. The number of carbonyl (C=O) groups excluding carboxylic acids is 1. The molecule has 0 aliphatic rings. The Morgan fingerprint density at radius 2 is 2.07 bits per heavy atom. The average Bonchev–Trinajstić information content (AvgIpc) is 3.11. The molecule has 0 aliphatic carbocycles. The maximum atomic E-state index is 12.6. The van der Waals surface area contributed by atoms with Gasteiger partial charge in [-0.2, -0.15) is 0 Å². The van der Waals surface area contributed by atoms with Crippen molar-refractivity contribution in [2.24, 2.45) is 7.05 Å². The van der Waals surface area contributed by atoms with Crippen LogP contribution in [0.3, 0.4) is 0 Å². The van der Waals surface area contributed by atoms with Crippen LogP contribution >= 0.6 is 11.3 Å². The van der Waals surface area contributed by atoms with Crippen molar-refractivity contribution in [3.05, 3.63) is 61.1 Å². The summed E-state index contributed by atoms with van der Waals surface area (Å²) >= 11 is 1.27. The first-order valence-corrected chi connectivity index (χ1v) is 10.1. The number of benzene rings is 1. The van der Waals surface area contributed by atoms with Gasteiger partial charge in [0, 0.05) is 24.7 Å². The Kier molecular flexibility index (Phi) is 5.97. The number of rotatable bonds is 6. The summed E-state index contributed by atoms with van der Waals surface area (Å²) in [5.41, 5.74) is 7.50. The van der Waals surface area contributed by atoms with Gasteiger partial charge < -0.3 is 11.1 Å². The topological polar surface area (TPSA) is 112 Å². The molecule has 29 heavy (non-hydrogen) atoms. The molecule has 3 N–H and O–H groups in total. The molecule has 0 atom stereocenters. The molecule has 0 saturated carbocycles. The number of hydrogen-bond acceptors (Lipinski definition) is 6. The summed E-state index contributed by atoms with van der Waals surface area (Å²) in [6, 6.07) is 7.52. The van der Waals surface area contributed by atoms with Crippen LogP contribution in [0.15, 0.2) is 39.2 Å². The molecule has 0 spiro atoms. The molecule has 3 aromatic rings. The van der Waals surface area contributed by atoms with Crippen LogP contribution in [0.5, 0.6) is 0 Å². The molecule has 2 heterocycles. The number of nitrogens with one attached hydrogen (secondary N) is 1. The fourth-order valence-electron chi connectivity index (χ4n) is 3.04. The fourth-order valence-corrected chi connectivity index (χ4v) is 3.82. The zero-order valence-corrected chi connectivity index (χ0v) is 17.4. The highest BCUT2D eigenvalue weighted by atomic mass is 32.1. The number of nitrogen functional groups attached to an aromatic ring is 1. The molecule has 1 aromatic carbocycles. The number of hydrogen-bond donors (Lipinski definition) is 2. The van der Waals surface area contributed by atoms with Crippen LogP contribution in [-0.4, -0.2) is 20.0 Å². The minimum absolute atomic E-state index is 0.0768. The van der Waals surface area contributed by atoms with Gasteiger partial charge in [-0.15, -0.1) is 11.3 Å². The second-order valence-electron chi connectivity index (χ2n) is 6.78. The molecule has 9 heteroatoms. The van der Waals surface area contributed by atoms with Crippen molar-refractivity contribution in [2.75, 3.05) is 11.1 Å². The van der Waals surface area contributed by atoms with Crippen LogP contribution in [-0.2, 0) is 24.8 Å². The Bertz CT molecular complexity index is 1180. The van der Waals surface area contributed by atoms with Crippen molar-refractivity contribution in [2.45, 2.75) is 33.2 Å². The van der Waals surface area contributed by atoms with Crippen molar-refractivity contribution >= 4 is 28.7 Å². The number of nitrogens with two attached hydrogens (primary N) is 1. The molecule has 0 saturated heterocycles. The zero-order chi connectivity index (χ0) is 21.1. The molecule has 152 valence electrons. The molecule has 0 unspecified atom stereocenters. The van der Waals surface area contributed by atoms with E-state index in [-0.39, 0.29) is 23.7 Å². The number of carbonyl (C=O) groups is 1. The molecule has 2 aromatic heterocycles. The van der Waals surface area contributed by atoms with Gasteiger partial charge >= 0.3 is 5.69 Å². The van der Waals surface area contributed by atoms with Gasteiger partial charge in [-0.05, 0) is 31.0 Å². The van der Waals surface area contributed by atoms with Crippen molar-refractivity contribution in [1.82, 2.24) is 14.1 Å². The summed E-state index contributed by atoms with van der Waals surface area (Å²) in [4.78, 5) is 41.7. The molecular weight excluding hydrogens is 390 g/mol. The highest BCUT2D eigenvalue weighted by Gasteiger charge is 2.19. The Morgan fingerprint density at radius 3 is 2.76 bits per heavy atom. The lowest BCUT2D eigenvalue weighted by Crippen LogP contribution is -2.40. The lowest BCUT2D eigenvalue weighted by molar-refractivity contribution is -0.115. The number of amides is 1. The van der Waals surface area contributed by atoms with Gasteiger partial charge in [0.25, 0.3) is 5.56 Å². The molecular formula is C20H23N5O3S. The third-order valence-corrected chi connectivity index (χ3v) is 5.30. The van der Waals surface area contributed by atoms with E-state index in [1.807, 2.05) is 38.1 Å². The number of aromatic nitrogens is 3. The van der Waals surface area contributed by atoms with E-state index in [1.54, 1.807) is 5.38 Å². The van der Waals surface area contributed by atoms with Gasteiger partial charge in [-0.1, -0.05) is 19.1 Å². The molecule has 0 fully saturated rings. The molecule has 1 amide bonds. The fraction of sp³-hybridized carbons (Fsp3) is 0.300. The maximum Gasteiger partial charge on any atom is 0.332 e. The van der Waals surface area contributed by atoms with Crippen LogP contribution in [0.4, 0.5) is 11.5 Å². The number of aryl methyl sites for hydroxylation is 1. The Hall–Kier alpha value is -3.20. The van der Waals surface area contributed by atoms with E-state index >= 15 is 0 Å².